The summed E-state index contributed by atoms with van der Waals surface area (Å²) in [5, 5.41) is 8.78. The average molecular weight is 561 g/mol. The van der Waals surface area contributed by atoms with Crippen molar-refractivity contribution in [3.8, 4) is 34.0 Å². The lowest BCUT2D eigenvalue weighted by Gasteiger charge is -2.14. The molecule has 1 aromatic heterocycles. The van der Waals surface area contributed by atoms with Gasteiger partial charge in [-0.3, -0.25) is 0 Å². The Morgan fingerprint density at radius 3 is 1.68 bits per heavy atom. The fourth-order valence-electron chi connectivity index (χ4n) is 3.81. The van der Waals surface area contributed by atoms with E-state index in [1.54, 1.807) is 37.3 Å². The number of benzene rings is 3. The van der Waals surface area contributed by atoms with Gasteiger partial charge in [0.25, 0.3) is 0 Å². The van der Waals surface area contributed by atoms with E-state index < -0.39 is 36.1 Å². The van der Waals surface area contributed by atoms with E-state index in [0.717, 1.165) is 24.3 Å². The SMILES string of the molecule is Cc1cc(OCc2cc(-c3ccc(C(F)(F)F)cc3)nc(-c3ccc(C(F)(F)F)cc3)c2)ccc1OCC(=O)O. The molecule has 4 rings (SSSR count). The number of ether oxygens (including phenoxy) is 2. The number of carboxylic acids is 1. The first-order valence-corrected chi connectivity index (χ1v) is 11.7. The van der Waals surface area contributed by atoms with Crippen LogP contribution in [0.5, 0.6) is 11.5 Å². The van der Waals surface area contributed by atoms with Gasteiger partial charge in [0.2, 0.25) is 0 Å². The molecule has 11 heteroatoms. The van der Waals surface area contributed by atoms with Gasteiger partial charge in [0.05, 0.1) is 22.5 Å². The number of hydrogen-bond donors (Lipinski definition) is 1. The number of aromatic nitrogens is 1. The fraction of sp³-hybridized carbons (Fsp3) is 0.172. The molecule has 0 atom stereocenters. The van der Waals surface area contributed by atoms with Crippen LogP contribution < -0.4 is 9.47 Å². The van der Waals surface area contributed by atoms with E-state index in [0.29, 0.717) is 45.1 Å². The van der Waals surface area contributed by atoms with Crippen molar-refractivity contribution in [1.29, 1.82) is 0 Å². The number of nitrogens with zero attached hydrogens (tertiary/aromatic N) is 1. The minimum atomic E-state index is -4.51. The van der Waals surface area contributed by atoms with Gasteiger partial charge < -0.3 is 14.6 Å². The third-order valence-corrected chi connectivity index (χ3v) is 5.80. The van der Waals surface area contributed by atoms with Gasteiger partial charge in [0, 0.05) is 11.1 Å². The van der Waals surface area contributed by atoms with E-state index in [-0.39, 0.29) is 6.61 Å². The zero-order valence-corrected chi connectivity index (χ0v) is 20.8. The van der Waals surface area contributed by atoms with E-state index in [2.05, 4.69) is 4.98 Å². The Hall–Kier alpha value is -4.54. The van der Waals surface area contributed by atoms with Gasteiger partial charge in [-0.1, -0.05) is 24.3 Å². The number of aryl methyl sites for hydroxylation is 1. The van der Waals surface area contributed by atoms with E-state index in [1.165, 1.54) is 24.3 Å². The van der Waals surface area contributed by atoms with Gasteiger partial charge in [-0.2, -0.15) is 26.3 Å². The molecule has 0 spiro atoms. The summed E-state index contributed by atoms with van der Waals surface area (Å²) in [5.74, 6) is -0.317. The number of pyridine rings is 1. The van der Waals surface area contributed by atoms with Gasteiger partial charge in [-0.25, -0.2) is 9.78 Å². The molecule has 3 aromatic carbocycles. The van der Waals surface area contributed by atoms with Crippen LogP contribution >= 0.6 is 0 Å². The van der Waals surface area contributed by atoms with E-state index in [1.807, 2.05) is 0 Å². The lowest BCUT2D eigenvalue weighted by atomic mass is 10.0. The van der Waals surface area contributed by atoms with Crippen LogP contribution in [0, 0.1) is 6.92 Å². The summed E-state index contributed by atoms with van der Waals surface area (Å²) in [4.78, 5) is 15.2. The minimum Gasteiger partial charge on any atom is -0.489 e. The summed E-state index contributed by atoms with van der Waals surface area (Å²) in [5.41, 5.74) is 0.886. The van der Waals surface area contributed by atoms with Gasteiger partial charge in [-0.15, -0.1) is 0 Å². The van der Waals surface area contributed by atoms with Crippen LogP contribution in [0.3, 0.4) is 0 Å². The molecule has 0 unspecified atom stereocenters. The molecule has 40 heavy (non-hydrogen) atoms. The van der Waals surface area contributed by atoms with E-state index in [9.17, 15) is 31.1 Å². The molecule has 1 N–H and O–H groups in total. The van der Waals surface area contributed by atoms with Crippen molar-refractivity contribution in [1.82, 2.24) is 4.98 Å². The van der Waals surface area contributed by atoms with Gasteiger partial charge in [0.1, 0.15) is 18.1 Å². The van der Waals surface area contributed by atoms with Crippen LogP contribution in [0.1, 0.15) is 22.3 Å². The van der Waals surface area contributed by atoms with E-state index >= 15 is 0 Å². The fourth-order valence-corrected chi connectivity index (χ4v) is 3.81. The van der Waals surface area contributed by atoms with Gasteiger partial charge in [0.15, 0.2) is 6.61 Å². The average Bonchev–Trinajstić information content (AvgIpc) is 2.90. The number of rotatable bonds is 8. The monoisotopic (exact) mass is 561 g/mol. The molecule has 0 fully saturated rings. The highest BCUT2D eigenvalue weighted by Gasteiger charge is 2.31. The van der Waals surface area contributed by atoms with Crippen molar-refractivity contribution in [2.45, 2.75) is 25.9 Å². The largest absolute Gasteiger partial charge is 0.489 e. The van der Waals surface area contributed by atoms with Gasteiger partial charge >= 0.3 is 18.3 Å². The number of alkyl halides is 6. The van der Waals surface area contributed by atoms with Crippen molar-refractivity contribution in [3.05, 3.63) is 101 Å². The summed E-state index contributed by atoms with van der Waals surface area (Å²) < 4.78 is 89.3. The number of hydrogen-bond acceptors (Lipinski definition) is 4. The third-order valence-electron chi connectivity index (χ3n) is 5.80. The zero-order chi connectivity index (χ0) is 29.1. The first-order valence-electron chi connectivity index (χ1n) is 11.7. The second kappa shape index (κ2) is 11.3. The molecular weight excluding hydrogens is 540 g/mol. The zero-order valence-electron chi connectivity index (χ0n) is 20.8. The Bertz CT molecular complexity index is 1420. The van der Waals surface area contributed by atoms with Crippen LogP contribution in [-0.4, -0.2) is 22.7 Å². The standard InChI is InChI=1S/C29H21F6NO4/c1-17-12-23(10-11-26(17)40-16-27(37)38)39-15-18-13-24(19-2-6-21(7-3-19)28(30,31)32)36-25(14-18)20-4-8-22(9-5-20)29(33,34)35/h2-14H,15-16H2,1H3,(H,37,38). The number of halogens is 6. The summed E-state index contributed by atoms with van der Waals surface area (Å²) in [7, 11) is 0. The highest BCUT2D eigenvalue weighted by atomic mass is 19.4. The predicted molar refractivity (Wildman–Crippen MR) is 134 cm³/mol. The summed E-state index contributed by atoms with van der Waals surface area (Å²) >= 11 is 0. The molecule has 0 saturated heterocycles. The highest BCUT2D eigenvalue weighted by Crippen LogP contribution is 2.34. The lowest BCUT2D eigenvalue weighted by Crippen LogP contribution is -2.10. The molecule has 5 nitrogen and oxygen atoms in total. The Balaban J connectivity index is 1.65. The summed E-state index contributed by atoms with van der Waals surface area (Å²) in [6.45, 7) is 1.21. The van der Waals surface area contributed by atoms with E-state index in [4.69, 9.17) is 14.6 Å². The number of carbonyl (C=O) groups is 1. The number of aliphatic carboxylic acids is 1. The molecule has 0 aliphatic heterocycles. The molecular formula is C29H21F6NO4. The maximum atomic E-state index is 13.0. The van der Waals surface area contributed by atoms with Crippen molar-refractivity contribution < 1.29 is 45.7 Å². The normalized spacial score (nSPS) is 11.8. The predicted octanol–water partition coefficient (Wildman–Crippen LogP) is 7.80. The maximum absolute atomic E-state index is 13.0. The summed E-state index contributed by atoms with van der Waals surface area (Å²) in [6.07, 6.45) is -9.03. The molecule has 0 amide bonds. The molecule has 0 aliphatic rings. The molecule has 0 bridgehead atoms. The number of carboxylic acid groups (broad SMARTS) is 1. The van der Waals surface area contributed by atoms with Crippen molar-refractivity contribution >= 4 is 5.97 Å². The molecule has 0 radical (unpaired) electrons. The first-order chi connectivity index (χ1) is 18.8. The third kappa shape index (κ3) is 7.10. The van der Waals surface area contributed by atoms with Crippen LogP contribution in [-0.2, 0) is 23.8 Å². The van der Waals surface area contributed by atoms with Crippen molar-refractivity contribution in [2.75, 3.05) is 6.61 Å². The van der Waals surface area contributed by atoms with Crippen LogP contribution in [0.4, 0.5) is 26.3 Å². The Morgan fingerprint density at radius 1 is 0.750 bits per heavy atom. The Labute approximate surface area is 224 Å². The Morgan fingerprint density at radius 2 is 1.25 bits per heavy atom. The quantitative estimate of drug-likeness (QED) is 0.222. The molecule has 0 aliphatic carbocycles. The second-order valence-corrected chi connectivity index (χ2v) is 8.79. The smallest absolute Gasteiger partial charge is 0.416 e. The Kier molecular flexibility index (Phi) is 8.03. The second-order valence-electron chi connectivity index (χ2n) is 8.79. The lowest BCUT2D eigenvalue weighted by molar-refractivity contribution is -0.139. The molecule has 1 heterocycles. The topological polar surface area (TPSA) is 68.7 Å². The summed E-state index contributed by atoms with van der Waals surface area (Å²) in [6, 6.07) is 16.8. The molecule has 208 valence electrons. The van der Waals surface area contributed by atoms with Crippen molar-refractivity contribution in [2.24, 2.45) is 0 Å². The van der Waals surface area contributed by atoms with Crippen molar-refractivity contribution in [3.63, 3.8) is 0 Å². The first kappa shape index (κ1) is 28.5. The molecule has 4 aromatic rings. The van der Waals surface area contributed by atoms with Crippen LogP contribution in [0.2, 0.25) is 0 Å². The minimum absolute atomic E-state index is 0.00143. The van der Waals surface area contributed by atoms with Crippen LogP contribution in [0.25, 0.3) is 22.5 Å². The van der Waals surface area contributed by atoms with Gasteiger partial charge in [-0.05, 0) is 72.6 Å². The maximum Gasteiger partial charge on any atom is 0.416 e. The highest BCUT2D eigenvalue weighted by molar-refractivity contribution is 5.69. The molecule has 0 saturated carbocycles. The van der Waals surface area contributed by atoms with Crippen LogP contribution in [0.15, 0.2) is 78.9 Å².